The Balaban J connectivity index is 2.11. The lowest BCUT2D eigenvalue weighted by molar-refractivity contribution is 0.176. The van der Waals surface area contributed by atoms with Crippen LogP contribution in [0.1, 0.15) is 46.8 Å². The Bertz CT molecular complexity index is 407. The fraction of sp³-hybridized carbons (Fsp3) is 0.600. The number of aliphatic hydroxyl groups excluding tert-OH is 1. The highest BCUT2D eigenvalue weighted by molar-refractivity contribution is 5.51. The van der Waals surface area contributed by atoms with E-state index < -0.39 is 0 Å². The second kappa shape index (κ2) is 4.43. The lowest BCUT2D eigenvalue weighted by Gasteiger charge is -2.19. The van der Waals surface area contributed by atoms with Crippen LogP contribution in [0, 0.1) is 0 Å². The zero-order valence-electron chi connectivity index (χ0n) is 10.6. The molecule has 2 heteroatoms. The van der Waals surface area contributed by atoms with Gasteiger partial charge in [0.05, 0.1) is 6.10 Å². The minimum Gasteiger partial charge on any atom is -0.387 e. The Kier molecular flexibility index (Phi) is 2.93. The van der Waals surface area contributed by atoms with Crippen molar-refractivity contribution in [2.24, 2.45) is 0 Å². The number of aliphatic hydroxyl groups is 1. The first-order valence-electron chi connectivity index (χ1n) is 6.80. The molecule has 1 atom stereocenters. The third kappa shape index (κ3) is 1.80. The summed E-state index contributed by atoms with van der Waals surface area (Å²) in [6.45, 7) is 0.670. The van der Waals surface area contributed by atoms with Crippen LogP contribution in [0.2, 0.25) is 0 Å². The molecule has 0 saturated carbocycles. The van der Waals surface area contributed by atoms with Gasteiger partial charge in [-0.15, -0.1) is 0 Å². The van der Waals surface area contributed by atoms with Crippen molar-refractivity contribution in [2.75, 3.05) is 13.6 Å². The minimum absolute atomic E-state index is 0.320. The normalized spacial score (nSPS) is 19.2. The Morgan fingerprint density at radius 1 is 1.12 bits per heavy atom. The van der Waals surface area contributed by atoms with Crippen molar-refractivity contribution >= 4 is 0 Å². The smallest absolute Gasteiger partial charge is 0.0919 e. The van der Waals surface area contributed by atoms with Gasteiger partial charge in [-0.1, -0.05) is 6.07 Å². The molecular formula is C15H21NO. The van der Waals surface area contributed by atoms with E-state index >= 15 is 0 Å². The van der Waals surface area contributed by atoms with Gasteiger partial charge in [-0.2, -0.15) is 0 Å². The molecule has 0 aliphatic heterocycles. The summed E-state index contributed by atoms with van der Waals surface area (Å²) in [4.78, 5) is 0. The van der Waals surface area contributed by atoms with Crippen molar-refractivity contribution < 1.29 is 5.11 Å². The summed E-state index contributed by atoms with van der Waals surface area (Å²) >= 11 is 0. The molecule has 3 rings (SSSR count). The highest BCUT2D eigenvalue weighted by atomic mass is 16.3. The first kappa shape index (κ1) is 11.2. The molecule has 2 aliphatic carbocycles. The van der Waals surface area contributed by atoms with E-state index in [2.05, 4.69) is 11.4 Å². The van der Waals surface area contributed by atoms with Crippen LogP contribution in [0.4, 0.5) is 0 Å². The molecule has 1 aromatic carbocycles. The third-order valence-corrected chi connectivity index (χ3v) is 4.25. The van der Waals surface area contributed by atoms with Crippen LogP contribution in [0.5, 0.6) is 0 Å². The average molecular weight is 231 g/mol. The van der Waals surface area contributed by atoms with Gasteiger partial charge < -0.3 is 10.4 Å². The highest BCUT2D eigenvalue weighted by Gasteiger charge is 2.26. The van der Waals surface area contributed by atoms with Crippen LogP contribution in [0.15, 0.2) is 6.07 Å². The van der Waals surface area contributed by atoms with E-state index in [-0.39, 0.29) is 6.10 Å². The quantitative estimate of drug-likeness (QED) is 0.833. The topological polar surface area (TPSA) is 32.3 Å². The van der Waals surface area contributed by atoms with E-state index in [4.69, 9.17) is 0 Å². The maximum Gasteiger partial charge on any atom is 0.0919 e. The summed E-state index contributed by atoms with van der Waals surface area (Å²) in [6.07, 6.45) is 6.95. The maximum absolute atomic E-state index is 10.4. The lowest BCUT2D eigenvalue weighted by Crippen LogP contribution is -2.19. The number of hydrogen-bond acceptors (Lipinski definition) is 2. The van der Waals surface area contributed by atoms with Crippen LogP contribution >= 0.6 is 0 Å². The Morgan fingerprint density at radius 3 is 2.24 bits per heavy atom. The number of fused-ring (bicyclic) bond motifs is 2. The first-order chi connectivity index (χ1) is 8.31. The fourth-order valence-electron chi connectivity index (χ4n) is 3.56. The molecule has 0 saturated heterocycles. The van der Waals surface area contributed by atoms with Crippen molar-refractivity contribution in [2.45, 2.75) is 44.6 Å². The van der Waals surface area contributed by atoms with E-state index in [0.717, 1.165) is 0 Å². The first-order valence-corrected chi connectivity index (χ1v) is 6.80. The summed E-state index contributed by atoms with van der Waals surface area (Å²) in [5.74, 6) is 0. The second-order valence-corrected chi connectivity index (χ2v) is 5.35. The van der Waals surface area contributed by atoms with Gasteiger partial charge in [-0.25, -0.2) is 0 Å². The summed E-state index contributed by atoms with van der Waals surface area (Å²) < 4.78 is 0. The van der Waals surface area contributed by atoms with Crippen LogP contribution in [0.25, 0.3) is 0 Å². The van der Waals surface area contributed by atoms with E-state index in [1.165, 1.54) is 66.3 Å². The summed E-state index contributed by atoms with van der Waals surface area (Å²) in [6, 6.07) is 2.42. The standard InChI is InChI=1S/C15H21NO/c1-16-9-14(17)15-12-6-2-4-10(12)8-11-5-3-7-13(11)15/h8,14,16-17H,2-7,9H2,1H3. The molecule has 1 aromatic rings. The second-order valence-electron chi connectivity index (χ2n) is 5.35. The summed E-state index contributed by atoms with van der Waals surface area (Å²) in [5, 5.41) is 13.5. The molecule has 0 aromatic heterocycles. The van der Waals surface area contributed by atoms with E-state index in [0.29, 0.717) is 6.54 Å². The van der Waals surface area contributed by atoms with Crippen molar-refractivity contribution in [1.29, 1.82) is 0 Å². The zero-order valence-corrected chi connectivity index (χ0v) is 10.6. The van der Waals surface area contributed by atoms with Gasteiger partial charge in [0.15, 0.2) is 0 Å². The summed E-state index contributed by atoms with van der Waals surface area (Å²) in [5.41, 5.74) is 7.23. The van der Waals surface area contributed by atoms with Gasteiger partial charge in [0, 0.05) is 6.54 Å². The largest absolute Gasteiger partial charge is 0.387 e. The van der Waals surface area contributed by atoms with Crippen molar-refractivity contribution in [3.63, 3.8) is 0 Å². The molecule has 2 aliphatic rings. The molecule has 0 spiro atoms. The van der Waals surface area contributed by atoms with Crippen LogP contribution in [0.3, 0.4) is 0 Å². The van der Waals surface area contributed by atoms with E-state index in [1.807, 2.05) is 7.05 Å². The van der Waals surface area contributed by atoms with Gasteiger partial charge in [-0.05, 0) is 73.4 Å². The van der Waals surface area contributed by atoms with Gasteiger partial charge in [-0.3, -0.25) is 0 Å². The van der Waals surface area contributed by atoms with Crippen molar-refractivity contribution in [3.05, 3.63) is 33.9 Å². The predicted molar refractivity (Wildman–Crippen MR) is 69.4 cm³/mol. The lowest BCUT2D eigenvalue weighted by atomic mass is 9.91. The number of nitrogens with one attached hydrogen (secondary N) is 1. The van der Waals surface area contributed by atoms with Crippen molar-refractivity contribution in [1.82, 2.24) is 5.32 Å². The average Bonchev–Trinajstić information content (AvgIpc) is 2.92. The molecule has 17 heavy (non-hydrogen) atoms. The molecule has 2 N–H and O–H groups in total. The number of rotatable bonds is 3. The SMILES string of the molecule is CNCC(O)c1c2c(cc3c1CCC3)CCC2. The van der Waals surface area contributed by atoms with Crippen LogP contribution in [-0.2, 0) is 25.7 Å². The monoisotopic (exact) mass is 231 g/mol. The highest BCUT2D eigenvalue weighted by Crippen LogP contribution is 2.37. The molecule has 2 nitrogen and oxygen atoms in total. The predicted octanol–water partition coefficient (Wildman–Crippen LogP) is 1.92. The number of aryl methyl sites for hydroxylation is 2. The van der Waals surface area contributed by atoms with Crippen molar-refractivity contribution in [3.8, 4) is 0 Å². The van der Waals surface area contributed by atoms with E-state index in [1.54, 1.807) is 0 Å². The van der Waals surface area contributed by atoms with E-state index in [9.17, 15) is 5.11 Å². The maximum atomic E-state index is 10.4. The molecule has 0 amide bonds. The minimum atomic E-state index is -0.320. The Morgan fingerprint density at radius 2 is 1.71 bits per heavy atom. The molecule has 0 heterocycles. The molecule has 0 bridgehead atoms. The van der Waals surface area contributed by atoms with Gasteiger partial charge in [0.2, 0.25) is 0 Å². The molecular weight excluding hydrogens is 210 g/mol. The molecule has 1 unspecified atom stereocenters. The Labute approximate surface area is 103 Å². The number of likely N-dealkylation sites (N-methyl/N-ethyl adjacent to an activating group) is 1. The van der Waals surface area contributed by atoms with Crippen LogP contribution < -0.4 is 5.32 Å². The third-order valence-electron chi connectivity index (χ3n) is 4.25. The molecule has 92 valence electrons. The summed E-state index contributed by atoms with van der Waals surface area (Å²) in [7, 11) is 1.91. The van der Waals surface area contributed by atoms with Gasteiger partial charge >= 0.3 is 0 Å². The molecule has 0 radical (unpaired) electrons. The van der Waals surface area contributed by atoms with Gasteiger partial charge in [0.1, 0.15) is 0 Å². The van der Waals surface area contributed by atoms with Gasteiger partial charge in [0.25, 0.3) is 0 Å². The van der Waals surface area contributed by atoms with Crippen LogP contribution in [-0.4, -0.2) is 18.7 Å². The zero-order chi connectivity index (χ0) is 11.8. The number of hydrogen-bond donors (Lipinski definition) is 2. The Hall–Kier alpha value is -0.860. The molecule has 0 fully saturated rings. The number of benzene rings is 1. The fourth-order valence-corrected chi connectivity index (χ4v) is 3.56.